The highest BCUT2D eigenvalue weighted by atomic mass is 32.1. The molecular formula is C20H19N5S. The molecule has 0 aliphatic carbocycles. The van der Waals surface area contributed by atoms with E-state index < -0.39 is 0 Å². The molecule has 0 aliphatic heterocycles. The monoisotopic (exact) mass is 361 g/mol. The van der Waals surface area contributed by atoms with Crippen molar-refractivity contribution in [2.24, 2.45) is 4.99 Å². The molecule has 1 aromatic carbocycles. The van der Waals surface area contributed by atoms with Crippen molar-refractivity contribution in [1.82, 2.24) is 14.4 Å². The molecule has 6 heteroatoms. The Labute approximate surface area is 155 Å². The van der Waals surface area contributed by atoms with Crippen molar-refractivity contribution < 1.29 is 0 Å². The maximum Gasteiger partial charge on any atom is 0.161 e. The van der Waals surface area contributed by atoms with Crippen LogP contribution in [-0.4, -0.2) is 27.6 Å². The Morgan fingerprint density at radius 1 is 1.31 bits per heavy atom. The third-order valence-corrected chi connectivity index (χ3v) is 5.12. The predicted molar refractivity (Wildman–Crippen MR) is 111 cm³/mol. The number of aryl methyl sites for hydroxylation is 1. The standard InChI is InChI=1S/C20H19N5S/c1-4-14(11-21-3)18-12-22-20-17(6-5-9-25(18)20)24-15-7-8-16-19(10-15)26-13(2)23-16/h4-12,24H,1-3H3/b14-4+,21-11?. The van der Waals surface area contributed by atoms with E-state index in [-0.39, 0.29) is 0 Å². The predicted octanol–water partition coefficient (Wildman–Crippen LogP) is 5.10. The van der Waals surface area contributed by atoms with E-state index in [4.69, 9.17) is 0 Å². The Kier molecular flexibility index (Phi) is 4.26. The molecule has 4 rings (SSSR count). The molecule has 4 aromatic rings. The number of nitrogens with zero attached hydrogens (tertiary/aromatic N) is 4. The molecule has 0 fully saturated rings. The second-order valence-electron chi connectivity index (χ2n) is 5.93. The lowest BCUT2D eigenvalue weighted by molar-refractivity contribution is 1.16. The molecule has 26 heavy (non-hydrogen) atoms. The summed E-state index contributed by atoms with van der Waals surface area (Å²) in [6.07, 6.45) is 7.79. The van der Waals surface area contributed by atoms with E-state index in [0.717, 1.165) is 38.8 Å². The molecule has 1 N–H and O–H groups in total. The maximum absolute atomic E-state index is 4.62. The molecule has 0 saturated carbocycles. The lowest BCUT2D eigenvalue weighted by atomic mass is 10.2. The van der Waals surface area contributed by atoms with Crippen molar-refractivity contribution in [3.63, 3.8) is 0 Å². The fourth-order valence-electron chi connectivity index (χ4n) is 3.02. The van der Waals surface area contributed by atoms with Crippen molar-refractivity contribution in [3.8, 4) is 0 Å². The van der Waals surface area contributed by atoms with Crippen LogP contribution in [-0.2, 0) is 0 Å². The van der Waals surface area contributed by atoms with Crippen LogP contribution in [0.25, 0.3) is 21.4 Å². The Morgan fingerprint density at radius 2 is 2.19 bits per heavy atom. The number of hydrogen-bond acceptors (Lipinski definition) is 5. The van der Waals surface area contributed by atoms with Gasteiger partial charge >= 0.3 is 0 Å². The Hall–Kier alpha value is -2.99. The van der Waals surface area contributed by atoms with Crippen LogP contribution in [0.2, 0.25) is 0 Å². The van der Waals surface area contributed by atoms with Gasteiger partial charge in [0.15, 0.2) is 5.65 Å². The summed E-state index contributed by atoms with van der Waals surface area (Å²) in [5.74, 6) is 0. The molecule has 0 saturated heterocycles. The number of allylic oxidation sites excluding steroid dienone is 2. The van der Waals surface area contributed by atoms with Gasteiger partial charge in [-0.3, -0.25) is 9.39 Å². The molecule has 0 radical (unpaired) electrons. The molecule has 3 aromatic heterocycles. The molecule has 130 valence electrons. The summed E-state index contributed by atoms with van der Waals surface area (Å²) in [7, 11) is 1.77. The number of benzene rings is 1. The molecule has 0 amide bonds. The highest BCUT2D eigenvalue weighted by molar-refractivity contribution is 7.18. The van der Waals surface area contributed by atoms with Gasteiger partial charge in [0.1, 0.15) is 0 Å². The van der Waals surface area contributed by atoms with Gasteiger partial charge in [-0.25, -0.2) is 9.97 Å². The first kappa shape index (κ1) is 16.5. The van der Waals surface area contributed by atoms with E-state index in [2.05, 4.69) is 36.8 Å². The number of anilines is 2. The number of fused-ring (bicyclic) bond motifs is 2. The zero-order valence-corrected chi connectivity index (χ0v) is 15.7. The van der Waals surface area contributed by atoms with E-state index in [1.54, 1.807) is 18.4 Å². The summed E-state index contributed by atoms with van der Waals surface area (Å²) in [5.41, 5.74) is 5.97. The van der Waals surface area contributed by atoms with Crippen LogP contribution in [0.15, 0.2) is 53.8 Å². The van der Waals surface area contributed by atoms with Crippen LogP contribution in [0.4, 0.5) is 11.4 Å². The summed E-state index contributed by atoms with van der Waals surface area (Å²) < 4.78 is 3.26. The second kappa shape index (κ2) is 6.72. The summed E-state index contributed by atoms with van der Waals surface area (Å²) in [6.45, 7) is 4.04. The zero-order valence-electron chi connectivity index (χ0n) is 14.9. The average molecular weight is 361 g/mol. The van der Waals surface area contributed by atoms with Gasteiger partial charge < -0.3 is 5.32 Å². The van der Waals surface area contributed by atoms with Gasteiger partial charge in [-0.2, -0.15) is 0 Å². The third-order valence-electron chi connectivity index (χ3n) is 4.19. The van der Waals surface area contributed by atoms with Gasteiger partial charge in [-0.15, -0.1) is 11.3 Å². The molecule has 0 spiro atoms. The minimum absolute atomic E-state index is 0.881. The molecule has 5 nitrogen and oxygen atoms in total. The summed E-state index contributed by atoms with van der Waals surface area (Å²) in [4.78, 5) is 13.3. The largest absolute Gasteiger partial charge is 0.352 e. The lowest BCUT2D eigenvalue weighted by Crippen LogP contribution is -1.97. The van der Waals surface area contributed by atoms with Crippen LogP contribution in [0.3, 0.4) is 0 Å². The highest BCUT2D eigenvalue weighted by Gasteiger charge is 2.10. The normalized spacial score (nSPS) is 12.5. The first-order chi connectivity index (χ1) is 12.7. The van der Waals surface area contributed by atoms with Gasteiger partial charge in [0.25, 0.3) is 0 Å². The van der Waals surface area contributed by atoms with E-state index >= 15 is 0 Å². The minimum Gasteiger partial charge on any atom is -0.352 e. The fourth-order valence-corrected chi connectivity index (χ4v) is 3.89. The smallest absolute Gasteiger partial charge is 0.161 e. The van der Waals surface area contributed by atoms with Crippen molar-refractivity contribution in [2.45, 2.75) is 13.8 Å². The number of pyridine rings is 1. The number of aromatic nitrogens is 3. The molecular weight excluding hydrogens is 342 g/mol. The van der Waals surface area contributed by atoms with Gasteiger partial charge in [0.2, 0.25) is 0 Å². The van der Waals surface area contributed by atoms with Gasteiger partial charge in [-0.05, 0) is 44.2 Å². The van der Waals surface area contributed by atoms with Crippen molar-refractivity contribution in [3.05, 3.63) is 59.5 Å². The van der Waals surface area contributed by atoms with Crippen LogP contribution in [0.1, 0.15) is 17.6 Å². The number of nitrogens with one attached hydrogen (secondary N) is 1. The Balaban J connectivity index is 1.75. The Bertz CT molecular complexity index is 1150. The number of rotatable bonds is 4. The van der Waals surface area contributed by atoms with E-state index in [0.29, 0.717) is 0 Å². The van der Waals surface area contributed by atoms with Crippen molar-refractivity contribution in [1.29, 1.82) is 0 Å². The fraction of sp³-hybridized carbons (Fsp3) is 0.150. The maximum atomic E-state index is 4.62. The van der Waals surface area contributed by atoms with E-state index in [1.807, 2.05) is 56.7 Å². The van der Waals surface area contributed by atoms with Gasteiger partial charge in [0, 0.05) is 30.7 Å². The topological polar surface area (TPSA) is 54.6 Å². The van der Waals surface area contributed by atoms with Crippen molar-refractivity contribution >= 4 is 50.4 Å². The quantitative estimate of drug-likeness (QED) is 0.515. The van der Waals surface area contributed by atoms with Crippen LogP contribution >= 0.6 is 11.3 Å². The number of hydrogen-bond donors (Lipinski definition) is 1. The van der Waals surface area contributed by atoms with Crippen molar-refractivity contribution in [2.75, 3.05) is 12.4 Å². The molecule has 0 bridgehead atoms. The minimum atomic E-state index is 0.881. The molecule has 3 heterocycles. The summed E-state index contributed by atoms with van der Waals surface area (Å²) in [6, 6.07) is 10.3. The average Bonchev–Trinajstić information content (AvgIpc) is 3.22. The van der Waals surface area contributed by atoms with Gasteiger partial charge in [-0.1, -0.05) is 6.08 Å². The van der Waals surface area contributed by atoms with Gasteiger partial charge in [0.05, 0.1) is 32.8 Å². The van der Waals surface area contributed by atoms with Crippen LogP contribution < -0.4 is 5.32 Å². The molecule has 0 atom stereocenters. The number of imidazole rings is 1. The highest BCUT2D eigenvalue weighted by Crippen LogP contribution is 2.28. The first-order valence-electron chi connectivity index (χ1n) is 8.38. The lowest BCUT2D eigenvalue weighted by Gasteiger charge is -2.09. The van der Waals surface area contributed by atoms with Crippen LogP contribution in [0.5, 0.6) is 0 Å². The molecule has 0 unspecified atom stereocenters. The SMILES string of the molecule is C/C=C(\C=NC)c1cnc2c(Nc3ccc4nc(C)sc4c3)cccn12. The third kappa shape index (κ3) is 2.88. The zero-order chi connectivity index (χ0) is 18.1. The van der Waals surface area contributed by atoms with Crippen LogP contribution in [0, 0.1) is 6.92 Å². The summed E-state index contributed by atoms with van der Waals surface area (Å²) in [5, 5.41) is 4.57. The number of aliphatic imine (C=N–C) groups is 1. The molecule has 0 aliphatic rings. The second-order valence-corrected chi connectivity index (χ2v) is 7.17. The number of thiazole rings is 1. The summed E-state index contributed by atoms with van der Waals surface area (Å²) >= 11 is 1.70. The Morgan fingerprint density at radius 3 is 3.00 bits per heavy atom. The first-order valence-corrected chi connectivity index (χ1v) is 9.20. The van der Waals surface area contributed by atoms with E-state index in [1.165, 1.54) is 4.70 Å². The van der Waals surface area contributed by atoms with E-state index in [9.17, 15) is 0 Å².